The molecule has 6 heterocycles. The molecule has 6 aromatic heterocycles. The topological polar surface area (TPSA) is 52.6 Å². The van der Waals surface area contributed by atoms with Crippen molar-refractivity contribution in [2.75, 3.05) is 0 Å². The summed E-state index contributed by atoms with van der Waals surface area (Å²) in [5.74, 6) is 1.88. The van der Waals surface area contributed by atoms with E-state index in [4.69, 9.17) is 17.7 Å². The van der Waals surface area contributed by atoms with Crippen LogP contribution in [0.4, 0.5) is 0 Å². The molecule has 13 aromatic rings. The van der Waals surface area contributed by atoms with Crippen LogP contribution in [0.1, 0.15) is 192 Å². The van der Waals surface area contributed by atoms with Crippen LogP contribution in [0.3, 0.4) is 0 Å². The van der Waals surface area contributed by atoms with Gasteiger partial charge < -0.3 is 17.7 Å². The van der Waals surface area contributed by atoms with Crippen molar-refractivity contribution in [3.8, 4) is 22.6 Å². The quantitative estimate of drug-likeness (QED) is 0.0439. The van der Waals surface area contributed by atoms with Gasteiger partial charge in [-0.2, -0.15) is 0 Å². The molecule has 0 saturated carbocycles. The molecular weight excluding hydrogens is 1330 g/mol. The third-order valence-electron chi connectivity index (χ3n) is 17.8. The van der Waals surface area contributed by atoms with Crippen molar-refractivity contribution in [2.24, 2.45) is 0 Å². The summed E-state index contributed by atoms with van der Waals surface area (Å²) in [4.78, 5) is 0. The predicted molar refractivity (Wildman–Crippen MR) is 397 cm³/mol. The minimum Gasteiger partial charge on any atom is -0.456 e. The molecule has 0 saturated heterocycles. The maximum atomic E-state index is 6.42. The summed E-state index contributed by atoms with van der Waals surface area (Å²) < 4.78 is 31.8. The standard InChI is InChI=1S/C48H56O2S.C16H6Br2O2S.C16H25Br/c1-3-5-7-9-11-13-15-17-19-35-21-25-37(26-22-35)43-31-39-29-41-42-30-40-32-44(50-46(40)34-48(42)51-47(41)33-45(39)49-43)38-27-23-36(24-28-38)20-18-16-14-12-10-8-6-4-2;17-15-3-7-1-9-10-2-8-4-16(18)20-12(8)6-14(10)21-13(9)5-11(7)19-15;1-2-3-4-5-6-7-8-9-10-15-11-13-16(17)14-12-15/h21-34H,3-20H2,1-2H3;1-6H;11-14H,2-10H2,1H3. The highest BCUT2D eigenvalue weighted by Crippen LogP contribution is 2.43. The fourth-order valence-electron chi connectivity index (χ4n) is 12.6. The first-order chi connectivity index (χ1) is 43.7. The lowest BCUT2D eigenvalue weighted by Crippen LogP contribution is -1.87. The Kier molecular flexibility index (Phi) is 23.9. The second-order valence-electron chi connectivity index (χ2n) is 24.8. The first-order valence-electron chi connectivity index (χ1n) is 33.6. The Hall–Kier alpha value is -5.42. The molecule has 0 aliphatic heterocycles. The van der Waals surface area contributed by atoms with Crippen LogP contribution < -0.4 is 0 Å². The van der Waals surface area contributed by atoms with Crippen LogP contribution >= 0.6 is 70.5 Å². The fourth-order valence-corrected chi connectivity index (χ4v) is 16.0. The summed E-state index contributed by atoms with van der Waals surface area (Å²) in [6.45, 7) is 6.85. The Morgan fingerprint density at radius 2 is 0.551 bits per heavy atom. The number of hydrogen-bond donors (Lipinski definition) is 0. The molecule has 0 unspecified atom stereocenters. The van der Waals surface area contributed by atoms with Crippen molar-refractivity contribution in [1.29, 1.82) is 0 Å². The first kappa shape index (κ1) is 65.1. The van der Waals surface area contributed by atoms with E-state index in [-0.39, 0.29) is 0 Å². The number of benzene rings is 7. The Labute approximate surface area is 560 Å². The van der Waals surface area contributed by atoms with E-state index >= 15 is 0 Å². The highest BCUT2D eigenvalue weighted by Gasteiger charge is 2.16. The number of furan rings is 4. The summed E-state index contributed by atoms with van der Waals surface area (Å²) in [5.41, 5.74) is 10.3. The molecule has 7 aromatic carbocycles. The highest BCUT2D eigenvalue weighted by atomic mass is 79.9. The number of hydrogen-bond acceptors (Lipinski definition) is 6. The molecule has 0 aliphatic rings. The molecular formula is C80H87Br3O4S2. The molecule has 9 heteroatoms. The minimum absolute atomic E-state index is 0.764. The number of aryl methyl sites for hydroxylation is 3. The lowest BCUT2D eigenvalue weighted by atomic mass is 10.0. The molecule has 0 bridgehead atoms. The van der Waals surface area contributed by atoms with Gasteiger partial charge in [0.25, 0.3) is 0 Å². The lowest BCUT2D eigenvalue weighted by molar-refractivity contribution is 0.575. The molecule has 0 atom stereocenters. The summed E-state index contributed by atoms with van der Waals surface area (Å²) in [7, 11) is 0. The van der Waals surface area contributed by atoms with Gasteiger partial charge in [0.2, 0.25) is 0 Å². The van der Waals surface area contributed by atoms with Crippen molar-refractivity contribution in [2.45, 2.75) is 194 Å². The van der Waals surface area contributed by atoms with E-state index in [1.165, 1.54) is 222 Å². The van der Waals surface area contributed by atoms with E-state index in [2.05, 4.69) is 202 Å². The van der Waals surface area contributed by atoms with E-state index in [0.717, 1.165) is 88.7 Å². The molecule has 0 amide bonds. The van der Waals surface area contributed by atoms with Gasteiger partial charge in [0, 0.05) is 77.5 Å². The average Bonchev–Trinajstić information content (AvgIpc) is 1.67. The zero-order valence-electron chi connectivity index (χ0n) is 52.5. The third-order valence-corrected chi connectivity index (χ3v) is 21.3. The van der Waals surface area contributed by atoms with Crippen molar-refractivity contribution in [3.63, 3.8) is 0 Å². The van der Waals surface area contributed by atoms with Crippen LogP contribution in [0.5, 0.6) is 0 Å². The van der Waals surface area contributed by atoms with Gasteiger partial charge in [-0.3, -0.25) is 0 Å². The smallest absolute Gasteiger partial charge is 0.170 e. The van der Waals surface area contributed by atoms with Gasteiger partial charge in [0.1, 0.15) is 33.9 Å². The van der Waals surface area contributed by atoms with Gasteiger partial charge in [-0.05, 0) is 172 Å². The maximum Gasteiger partial charge on any atom is 0.170 e. The molecule has 0 spiro atoms. The van der Waals surface area contributed by atoms with Crippen LogP contribution in [0.15, 0.2) is 177 Å². The molecule has 13 rings (SSSR count). The van der Waals surface area contributed by atoms with Gasteiger partial charge in [0.15, 0.2) is 9.34 Å². The van der Waals surface area contributed by atoms with E-state index in [1.54, 1.807) is 11.3 Å². The summed E-state index contributed by atoms with van der Waals surface area (Å²) in [5, 5.41) is 9.62. The Morgan fingerprint density at radius 1 is 0.281 bits per heavy atom. The average molecular weight is 1420 g/mol. The Morgan fingerprint density at radius 3 is 0.865 bits per heavy atom. The maximum absolute atomic E-state index is 6.42. The van der Waals surface area contributed by atoms with Gasteiger partial charge in [0.05, 0.1) is 0 Å². The van der Waals surface area contributed by atoms with Gasteiger partial charge in [-0.25, -0.2) is 0 Å². The van der Waals surface area contributed by atoms with Crippen molar-refractivity contribution >= 4 is 155 Å². The normalized spacial score (nSPS) is 11.8. The summed E-state index contributed by atoms with van der Waals surface area (Å²) in [6.07, 6.45) is 36.6. The largest absolute Gasteiger partial charge is 0.456 e. The monoisotopic (exact) mass is 1410 g/mol. The van der Waals surface area contributed by atoms with Crippen LogP contribution in [0, 0.1) is 0 Å². The predicted octanol–water partition coefficient (Wildman–Crippen LogP) is 29.5. The van der Waals surface area contributed by atoms with Gasteiger partial charge in [-0.15, -0.1) is 22.7 Å². The van der Waals surface area contributed by atoms with Gasteiger partial charge >= 0.3 is 0 Å². The van der Waals surface area contributed by atoms with Crippen molar-refractivity contribution in [1.82, 2.24) is 0 Å². The molecule has 0 radical (unpaired) electrons. The van der Waals surface area contributed by atoms with E-state index in [9.17, 15) is 0 Å². The van der Waals surface area contributed by atoms with E-state index < -0.39 is 0 Å². The molecule has 0 N–H and O–H groups in total. The number of fused-ring (bicyclic) bond motifs is 10. The van der Waals surface area contributed by atoms with Crippen LogP contribution in [-0.4, -0.2) is 0 Å². The fraction of sp³-hybridized carbons (Fsp3) is 0.375. The first-order valence-corrected chi connectivity index (χ1v) is 37.6. The van der Waals surface area contributed by atoms with Crippen LogP contribution in [0.2, 0.25) is 0 Å². The molecule has 89 heavy (non-hydrogen) atoms. The highest BCUT2D eigenvalue weighted by molar-refractivity contribution is 9.11. The van der Waals surface area contributed by atoms with E-state index in [0.29, 0.717) is 0 Å². The zero-order valence-corrected chi connectivity index (χ0v) is 58.9. The molecule has 464 valence electrons. The number of unbranched alkanes of at least 4 members (excludes halogenated alkanes) is 21. The van der Waals surface area contributed by atoms with Crippen LogP contribution in [0.25, 0.3) is 107 Å². The molecule has 4 nitrogen and oxygen atoms in total. The second kappa shape index (κ2) is 32.7. The number of rotatable bonds is 29. The SMILES string of the molecule is Brc1cc2cc3c(cc2o1)sc1cc2oc(Br)cc2cc13.CCCCCCCCCCc1ccc(-c2cc3cc4c(cc3o2)sc2cc3oc(-c5ccc(CCCCCCCCCC)cc5)cc3cc24)cc1.CCCCCCCCCCc1ccc(Br)cc1. The lowest BCUT2D eigenvalue weighted by Gasteiger charge is -2.04. The zero-order chi connectivity index (χ0) is 61.3. The van der Waals surface area contributed by atoms with E-state index in [1.807, 2.05) is 23.5 Å². The Bertz CT molecular complexity index is 4080. The summed E-state index contributed by atoms with van der Waals surface area (Å²) >= 11 is 13.8. The van der Waals surface area contributed by atoms with Crippen LogP contribution in [-0.2, 0) is 19.3 Å². The van der Waals surface area contributed by atoms with Crippen molar-refractivity contribution in [3.05, 3.63) is 176 Å². The Balaban J connectivity index is 0.000000174. The number of thiophene rings is 2. The molecule has 0 aliphatic carbocycles. The number of halogens is 3. The molecule has 0 fully saturated rings. The minimum atomic E-state index is 0.764. The third kappa shape index (κ3) is 17.6. The second-order valence-corrected chi connectivity index (χ2v) is 29.4. The summed E-state index contributed by atoms with van der Waals surface area (Å²) in [6, 6.07) is 52.9. The van der Waals surface area contributed by atoms with Gasteiger partial charge in [-0.1, -0.05) is 232 Å². The van der Waals surface area contributed by atoms with Crippen molar-refractivity contribution < 1.29 is 17.7 Å².